The van der Waals surface area contributed by atoms with Crippen LogP contribution in [0.5, 0.6) is 5.75 Å². The molecule has 0 bridgehead atoms. The van der Waals surface area contributed by atoms with E-state index in [1.54, 1.807) is 12.1 Å². The molecule has 0 spiro atoms. The van der Waals surface area contributed by atoms with Gasteiger partial charge in [-0.1, -0.05) is 12.1 Å². The minimum Gasteiger partial charge on any atom is -0.507 e. The van der Waals surface area contributed by atoms with Crippen LogP contribution in [0.2, 0.25) is 0 Å². The van der Waals surface area contributed by atoms with Crippen molar-refractivity contribution in [3.8, 4) is 5.75 Å². The summed E-state index contributed by atoms with van der Waals surface area (Å²) in [6.45, 7) is 0.746. The van der Waals surface area contributed by atoms with Crippen LogP contribution < -0.4 is 4.90 Å². The number of Topliss-reactive ketones (excluding diaryl/α,β-unsaturated/α-hetero) is 1. The monoisotopic (exact) mass is 278 g/mol. The Bertz CT molecular complexity index is 664. The van der Waals surface area contributed by atoms with Gasteiger partial charge in [0.2, 0.25) is 5.78 Å². The van der Waals surface area contributed by atoms with Crippen molar-refractivity contribution in [3.63, 3.8) is 0 Å². The van der Waals surface area contributed by atoms with Crippen molar-refractivity contribution in [2.45, 2.75) is 13.5 Å². The van der Waals surface area contributed by atoms with Crippen LogP contribution in [0.1, 0.15) is 33.5 Å². The summed E-state index contributed by atoms with van der Waals surface area (Å²) in [5.41, 5.74) is -0.443. The van der Waals surface area contributed by atoms with Crippen LogP contribution in [0.3, 0.4) is 0 Å². The Hall–Kier alpha value is -2.90. The van der Waals surface area contributed by atoms with E-state index in [1.807, 2.05) is 0 Å². The van der Waals surface area contributed by atoms with Crippen molar-refractivity contribution in [2.75, 3.05) is 0 Å². The lowest BCUT2D eigenvalue weighted by molar-refractivity contribution is -0.803. The predicted octanol–water partition coefficient (Wildman–Crippen LogP) is 0.573. The van der Waals surface area contributed by atoms with Gasteiger partial charge in [0.15, 0.2) is 6.61 Å². The number of esters is 1. The van der Waals surface area contributed by atoms with E-state index in [0.717, 1.165) is 6.92 Å². The number of ketones is 1. The van der Waals surface area contributed by atoms with Gasteiger partial charge in [-0.2, -0.15) is 0 Å². The number of carbonyl (C=O) groups is 2. The zero-order chi connectivity index (χ0) is 14.7. The molecule has 1 N–H and O–H groups in total. The van der Waals surface area contributed by atoms with Crippen molar-refractivity contribution in [2.24, 2.45) is 0 Å². The van der Waals surface area contributed by atoms with E-state index in [1.165, 1.54) is 12.1 Å². The molecule has 2 aromatic rings. The van der Waals surface area contributed by atoms with Gasteiger partial charge in [0.25, 0.3) is 11.4 Å². The van der Waals surface area contributed by atoms with Gasteiger partial charge < -0.3 is 15.1 Å². The SMILES string of the molecule is CC(=O)c1c(COC(=O)c2ccccc2O)no[n+]1[O-]. The Morgan fingerprint density at radius 1 is 1.45 bits per heavy atom. The molecule has 1 heterocycles. The molecule has 8 nitrogen and oxygen atoms in total. The smallest absolute Gasteiger partial charge is 0.342 e. The van der Waals surface area contributed by atoms with Crippen molar-refractivity contribution in [3.05, 3.63) is 46.4 Å². The highest BCUT2D eigenvalue weighted by Crippen LogP contribution is 2.17. The first-order valence-corrected chi connectivity index (χ1v) is 5.55. The van der Waals surface area contributed by atoms with Gasteiger partial charge >= 0.3 is 5.97 Å². The predicted molar refractivity (Wildman–Crippen MR) is 62.7 cm³/mol. The molecule has 0 unspecified atom stereocenters. The number of phenolic OH excluding ortho intramolecular Hbond substituents is 1. The third-order valence-corrected chi connectivity index (χ3v) is 2.48. The Labute approximate surface area is 112 Å². The van der Waals surface area contributed by atoms with Crippen molar-refractivity contribution in [1.29, 1.82) is 0 Å². The second kappa shape index (κ2) is 5.39. The van der Waals surface area contributed by atoms with E-state index in [4.69, 9.17) is 4.74 Å². The maximum atomic E-state index is 11.7. The van der Waals surface area contributed by atoms with Gasteiger partial charge in [0.1, 0.15) is 11.3 Å². The number of phenols is 1. The maximum absolute atomic E-state index is 11.7. The largest absolute Gasteiger partial charge is 0.507 e. The highest BCUT2D eigenvalue weighted by molar-refractivity contribution is 5.93. The fraction of sp³-hybridized carbons (Fsp3) is 0.167. The number of ether oxygens (including phenoxy) is 1. The molecule has 0 saturated heterocycles. The highest BCUT2D eigenvalue weighted by atomic mass is 16.8. The normalized spacial score (nSPS) is 10.2. The number of aromatic nitrogens is 2. The van der Waals surface area contributed by atoms with E-state index in [-0.39, 0.29) is 27.6 Å². The molecular weight excluding hydrogens is 268 g/mol. The summed E-state index contributed by atoms with van der Waals surface area (Å²) < 4.78 is 9.14. The van der Waals surface area contributed by atoms with Crippen LogP contribution in [0.15, 0.2) is 28.9 Å². The van der Waals surface area contributed by atoms with Gasteiger partial charge in [-0.25, -0.2) is 4.79 Å². The topological polar surface area (TPSA) is 117 Å². The van der Waals surface area contributed by atoms with Crippen molar-refractivity contribution >= 4 is 11.8 Å². The average Bonchev–Trinajstić information content (AvgIpc) is 2.78. The van der Waals surface area contributed by atoms with Crippen LogP contribution in [0.25, 0.3) is 0 Å². The first kappa shape index (κ1) is 13.5. The molecule has 1 aromatic carbocycles. The zero-order valence-electron chi connectivity index (χ0n) is 10.4. The van der Waals surface area contributed by atoms with E-state index in [9.17, 15) is 19.9 Å². The third-order valence-electron chi connectivity index (χ3n) is 2.48. The molecule has 0 aliphatic heterocycles. The fourth-order valence-electron chi connectivity index (χ4n) is 1.56. The number of hydrogen-bond donors (Lipinski definition) is 1. The lowest BCUT2D eigenvalue weighted by atomic mass is 10.2. The molecule has 2 rings (SSSR count). The lowest BCUT2D eigenvalue weighted by Gasteiger charge is -2.03. The number of benzene rings is 1. The second-order valence-electron chi connectivity index (χ2n) is 3.87. The number of rotatable bonds is 4. The summed E-state index contributed by atoms with van der Waals surface area (Å²) in [6.07, 6.45) is 0. The standard InChI is InChI=1S/C12H10N2O6/c1-7(15)11-9(13-20-14(11)18)6-19-12(17)8-4-2-3-5-10(8)16/h2-5,16H,6H2,1H3. The van der Waals surface area contributed by atoms with E-state index >= 15 is 0 Å². The Morgan fingerprint density at radius 3 is 2.80 bits per heavy atom. The summed E-state index contributed by atoms with van der Waals surface area (Å²) in [4.78, 5) is 22.9. The third kappa shape index (κ3) is 2.58. The van der Waals surface area contributed by atoms with E-state index < -0.39 is 18.4 Å². The van der Waals surface area contributed by atoms with Crippen LogP contribution >= 0.6 is 0 Å². The molecule has 0 atom stereocenters. The molecule has 1 aromatic heterocycles. The Balaban J connectivity index is 2.12. The van der Waals surface area contributed by atoms with Crippen molar-refractivity contribution in [1.82, 2.24) is 5.16 Å². The quantitative estimate of drug-likeness (QED) is 0.493. The van der Waals surface area contributed by atoms with E-state index in [0.29, 0.717) is 0 Å². The zero-order valence-corrected chi connectivity index (χ0v) is 10.4. The van der Waals surface area contributed by atoms with Gasteiger partial charge in [0, 0.05) is 12.1 Å². The molecule has 104 valence electrons. The van der Waals surface area contributed by atoms with Crippen LogP contribution in [0, 0.1) is 5.21 Å². The molecule has 0 aliphatic carbocycles. The molecule has 0 radical (unpaired) electrons. The summed E-state index contributed by atoms with van der Waals surface area (Å²) in [5.74, 6) is -1.60. The molecule has 0 saturated carbocycles. The molecule has 0 amide bonds. The number of carbonyl (C=O) groups excluding carboxylic acids is 2. The minimum absolute atomic E-state index is 0.0321. The number of nitrogens with zero attached hydrogens (tertiary/aromatic N) is 2. The van der Waals surface area contributed by atoms with Crippen LogP contribution in [-0.2, 0) is 11.3 Å². The first-order chi connectivity index (χ1) is 9.50. The fourth-order valence-corrected chi connectivity index (χ4v) is 1.56. The van der Waals surface area contributed by atoms with Crippen LogP contribution in [0.4, 0.5) is 0 Å². The maximum Gasteiger partial charge on any atom is 0.342 e. The first-order valence-electron chi connectivity index (χ1n) is 5.55. The minimum atomic E-state index is -0.807. The van der Waals surface area contributed by atoms with Gasteiger partial charge in [-0.15, -0.1) is 0 Å². The molecular formula is C12H10N2O6. The van der Waals surface area contributed by atoms with Gasteiger partial charge in [0.05, 0.1) is 0 Å². The Morgan fingerprint density at radius 2 is 2.15 bits per heavy atom. The average molecular weight is 278 g/mol. The summed E-state index contributed by atoms with van der Waals surface area (Å²) in [5, 5.41) is 24.0. The van der Waals surface area contributed by atoms with E-state index in [2.05, 4.69) is 9.79 Å². The lowest BCUT2D eigenvalue weighted by Crippen LogP contribution is -2.31. The summed E-state index contributed by atoms with van der Waals surface area (Å²) in [6, 6.07) is 5.82. The summed E-state index contributed by atoms with van der Waals surface area (Å²) >= 11 is 0. The van der Waals surface area contributed by atoms with Gasteiger partial charge in [-0.05, 0) is 17.0 Å². The molecule has 0 fully saturated rings. The second-order valence-corrected chi connectivity index (χ2v) is 3.87. The molecule has 0 aliphatic rings. The molecule has 20 heavy (non-hydrogen) atoms. The number of hydrogen-bond acceptors (Lipinski definition) is 7. The highest BCUT2D eigenvalue weighted by Gasteiger charge is 2.25. The number of para-hydroxylation sites is 1. The van der Waals surface area contributed by atoms with Crippen molar-refractivity contribution < 1.29 is 29.0 Å². The van der Waals surface area contributed by atoms with Crippen LogP contribution in [-0.4, -0.2) is 22.0 Å². The van der Waals surface area contributed by atoms with Gasteiger partial charge in [-0.3, -0.25) is 9.42 Å². The summed E-state index contributed by atoms with van der Waals surface area (Å²) in [7, 11) is 0. The number of aromatic hydroxyl groups is 1. The Kier molecular flexibility index (Phi) is 3.65. The molecule has 8 heteroatoms.